The molecule has 0 heterocycles. The van der Waals surface area contributed by atoms with E-state index in [1.165, 1.54) is 12.1 Å². The normalized spacial score (nSPS) is 12.2. The Balaban J connectivity index is 2.13. The van der Waals surface area contributed by atoms with Crippen molar-refractivity contribution in [2.45, 2.75) is 19.6 Å². The van der Waals surface area contributed by atoms with E-state index in [9.17, 15) is 4.39 Å². The molecule has 0 bridgehead atoms. The zero-order chi connectivity index (χ0) is 13.8. The molecule has 0 amide bonds. The van der Waals surface area contributed by atoms with Gasteiger partial charge in [-0.2, -0.15) is 0 Å². The fraction of sp³-hybridized carbons (Fsp3) is 0.200. The predicted molar refractivity (Wildman–Crippen MR) is 77.5 cm³/mol. The van der Waals surface area contributed by atoms with Gasteiger partial charge >= 0.3 is 0 Å². The Morgan fingerprint density at radius 2 is 1.89 bits per heavy atom. The summed E-state index contributed by atoms with van der Waals surface area (Å²) in [6.07, 6.45) is 0. The molecule has 0 saturated heterocycles. The third-order valence-electron chi connectivity index (χ3n) is 2.77. The minimum Gasteiger partial charge on any atom is -0.489 e. The molecule has 0 unspecified atom stereocenters. The van der Waals surface area contributed by atoms with E-state index < -0.39 is 0 Å². The monoisotopic (exact) mass is 323 g/mol. The van der Waals surface area contributed by atoms with Gasteiger partial charge in [0.1, 0.15) is 18.2 Å². The highest BCUT2D eigenvalue weighted by Gasteiger charge is 2.09. The first-order valence-electron chi connectivity index (χ1n) is 5.98. The first kappa shape index (κ1) is 14.0. The maximum atomic E-state index is 12.8. The van der Waals surface area contributed by atoms with Crippen LogP contribution in [0.5, 0.6) is 5.75 Å². The molecule has 0 saturated carbocycles. The lowest BCUT2D eigenvalue weighted by molar-refractivity contribution is 0.301. The third-order valence-corrected chi connectivity index (χ3v) is 3.26. The molecular formula is C15H15BrFNO. The highest BCUT2D eigenvalue weighted by Crippen LogP contribution is 2.28. The zero-order valence-corrected chi connectivity index (χ0v) is 12.2. The van der Waals surface area contributed by atoms with E-state index in [1.54, 1.807) is 12.1 Å². The maximum Gasteiger partial charge on any atom is 0.124 e. The lowest BCUT2D eigenvalue weighted by Gasteiger charge is -2.14. The highest BCUT2D eigenvalue weighted by atomic mass is 79.9. The zero-order valence-electron chi connectivity index (χ0n) is 10.6. The minimum atomic E-state index is -0.247. The van der Waals surface area contributed by atoms with Gasteiger partial charge in [-0.3, -0.25) is 0 Å². The molecule has 0 aliphatic heterocycles. The number of halogens is 2. The summed E-state index contributed by atoms with van der Waals surface area (Å²) >= 11 is 3.42. The molecule has 0 radical (unpaired) electrons. The van der Waals surface area contributed by atoms with Crippen molar-refractivity contribution < 1.29 is 9.13 Å². The Morgan fingerprint density at radius 3 is 2.53 bits per heavy atom. The van der Waals surface area contributed by atoms with E-state index >= 15 is 0 Å². The SMILES string of the molecule is C[C@@H](N)c1cc(Br)ccc1OCc1ccc(F)cc1. The molecule has 0 aliphatic carbocycles. The lowest BCUT2D eigenvalue weighted by Crippen LogP contribution is -2.08. The van der Waals surface area contributed by atoms with Crippen LogP contribution in [0.2, 0.25) is 0 Å². The average molecular weight is 324 g/mol. The van der Waals surface area contributed by atoms with Crippen LogP contribution in [0.3, 0.4) is 0 Å². The molecule has 4 heteroatoms. The van der Waals surface area contributed by atoms with Crippen molar-refractivity contribution in [1.82, 2.24) is 0 Å². The number of nitrogens with two attached hydrogens (primary N) is 1. The van der Waals surface area contributed by atoms with Crippen molar-refractivity contribution in [2.75, 3.05) is 0 Å². The summed E-state index contributed by atoms with van der Waals surface area (Å²) in [5.41, 5.74) is 7.78. The number of ether oxygens (including phenoxy) is 1. The minimum absolute atomic E-state index is 0.110. The molecule has 2 rings (SSSR count). The molecule has 2 aromatic carbocycles. The van der Waals surface area contributed by atoms with Crippen molar-refractivity contribution in [2.24, 2.45) is 5.73 Å². The molecular weight excluding hydrogens is 309 g/mol. The summed E-state index contributed by atoms with van der Waals surface area (Å²) in [6.45, 7) is 2.30. The van der Waals surface area contributed by atoms with E-state index in [-0.39, 0.29) is 11.9 Å². The average Bonchev–Trinajstić information content (AvgIpc) is 2.39. The van der Waals surface area contributed by atoms with Crippen LogP contribution < -0.4 is 10.5 Å². The lowest BCUT2D eigenvalue weighted by atomic mass is 10.1. The van der Waals surface area contributed by atoms with Crippen molar-refractivity contribution in [3.05, 3.63) is 63.9 Å². The van der Waals surface area contributed by atoms with Gasteiger partial charge in [-0.25, -0.2) is 4.39 Å². The molecule has 2 aromatic rings. The molecule has 2 nitrogen and oxygen atoms in total. The molecule has 0 spiro atoms. The van der Waals surface area contributed by atoms with Crippen LogP contribution >= 0.6 is 15.9 Å². The second-order valence-corrected chi connectivity index (χ2v) is 5.30. The summed E-state index contributed by atoms with van der Waals surface area (Å²) in [5, 5.41) is 0. The van der Waals surface area contributed by atoms with Gasteiger partial charge in [-0.1, -0.05) is 28.1 Å². The van der Waals surface area contributed by atoms with Crippen LogP contribution in [-0.2, 0) is 6.61 Å². The second kappa shape index (κ2) is 6.17. The largest absolute Gasteiger partial charge is 0.489 e. The van der Waals surface area contributed by atoms with Crippen LogP contribution in [0.25, 0.3) is 0 Å². The second-order valence-electron chi connectivity index (χ2n) is 4.39. The quantitative estimate of drug-likeness (QED) is 0.915. The standard InChI is InChI=1S/C15H15BrFNO/c1-10(18)14-8-12(16)4-7-15(14)19-9-11-2-5-13(17)6-3-11/h2-8,10H,9,18H2,1H3/t10-/m1/s1. The fourth-order valence-corrected chi connectivity index (χ4v) is 2.13. The Morgan fingerprint density at radius 1 is 1.21 bits per heavy atom. The first-order valence-corrected chi connectivity index (χ1v) is 6.78. The van der Waals surface area contributed by atoms with Crippen LogP contribution in [-0.4, -0.2) is 0 Å². The molecule has 0 fully saturated rings. The Bertz CT molecular complexity index is 555. The molecule has 0 aliphatic rings. The van der Waals surface area contributed by atoms with Gasteiger partial charge in [0.2, 0.25) is 0 Å². The van der Waals surface area contributed by atoms with Crippen LogP contribution in [0.4, 0.5) is 4.39 Å². The van der Waals surface area contributed by atoms with E-state index in [0.29, 0.717) is 6.61 Å². The summed E-state index contributed by atoms with van der Waals surface area (Å²) < 4.78 is 19.5. The van der Waals surface area contributed by atoms with Gasteiger partial charge in [0.05, 0.1) is 0 Å². The fourth-order valence-electron chi connectivity index (χ4n) is 1.75. The molecule has 0 aromatic heterocycles. The number of hydrogen-bond acceptors (Lipinski definition) is 2. The van der Waals surface area contributed by atoms with Gasteiger partial charge < -0.3 is 10.5 Å². The van der Waals surface area contributed by atoms with Crippen molar-refractivity contribution in [3.8, 4) is 5.75 Å². The Kier molecular flexibility index (Phi) is 4.56. The molecule has 2 N–H and O–H groups in total. The van der Waals surface area contributed by atoms with Gasteiger partial charge in [-0.15, -0.1) is 0 Å². The van der Waals surface area contributed by atoms with E-state index in [4.69, 9.17) is 10.5 Å². The first-order chi connectivity index (χ1) is 9.06. The van der Waals surface area contributed by atoms with Crippen molar-refractivity contribution in [3.63, 3.8) is 0 Å². The van der Waals surface area contributed by atoms with Crippen LogP contribution in [0.1, 0.15) is 24.1 Å². The van der Waals surface area contributed by atoms with Gasteiger partial charge in [0, 0.05) is 16.1 Å². The topological polar surface area (TPSA) is 35.2 Å². The van der Waals surface area contributed by atoms with E-state index in [2.05, 4.69) is 15.9 Å². The van der Waals surface area contributed by atoms with Crippen molar-refractivity contribution in [1.29, 1.82) is 0 Å². The van der Waals surface area contributed by atoms with Crippen LogP contribution in [0.15, 0.2) is 46.9 Å². The van der Waals surface area contributed by atoms with Gasteiger partial charge in [-0.05, 0) is 42.8 Å². The summed E-state index contributed by atoms with van der Waals surface area (Å²) in [6, 6.07) is 11.9. The molecule has 100 valence electrons. The van der Waals surface area contributed by atoms with Gasteiger partial charge in [0.15, 0.2) is 0 Å². The Hall–Kier alpha value is -1.39. The number of hydrogen-bond donors (Lipinski definition) is 1. The third kappa shape index (κ3) is 3.78. The highest BCUT2D eigenvalue weighted by molar-refractivity contribution is 9.10. The summed E-state index contributed by atoms with van der Waals surface area (Å²) in [4.78, 5) is 0. The smallest absolute Gasteiger partial charge is 0.124 e. The van der Waals surface area contributed by atoms with Gasteiger partial charge in [0.25, 0.3) is 0 Å². The number of benzene rings is 2. The Labute approximate surface area is 120 Å². The van der Waals surface area contributed by atoms with E-state index in [0.717, 1.165) is 21.3 Å². The predicted octanol–water partition coefficient (Wildman–Crippen LogP) is 4.19. The van der Waals surface area contributed by atoms with E-state index in [1.807, 2.05) is 25.1 Å². The maximum absolute atomic E-state index is 12.8. The number of rotatable bonds is 4. The summed E-state index contributed by atoms with van der Waals surface area (Å²) in [7, 11) is 0. The molecule has 19 heavy (non-hydrogen) atoms. The molecule has 1 atom stereocenters. The summed E-state index contributed by atoms with van der Waals surface area (Å²) in [5.74, 6) is 0.506. The van der Waals surface area contributed by atoms with Crippen LogP contribution in [0, 0.1) is 5.82 Å². The van der Waals surface area contributed by atoms with Crippen molar-refractivity contribution >= 4 is 15.9 Å².